The van der Waals surface area contributed by atoms with E-state index in [2.05, 4.69) is 14.8 Å². The first kappa shape index (κ1) is 24.8. The number of hydrogen-bond donors (Lipinski definition) is 1. The van der Waals surface area contributed by atoms with Crippen LogP contribution in [0, 0.1) is 11.6 Å². The third-order valence-corrected chi connectivity index (χ3v) is 7.80. The van der Waals surface area contributed by atoms with Gasteiger partial charge in [-0.15, -0.1) is 5.10 Å². The minimum atomic E-state index is -2.80. The van der Waals surface area contributed by atoms with Gasteiger partial charge >= 0.3 is 0 Å². The Morgan fingerprint density at radius 2 is 2.08 bits per heavy atom. The minimum Gasteiger partial charge on any atom is -0.445 e. The zero-order valence-corrected chi connectivity index (χ0v) is 20.2. The highest BCUT2D eigenvalue weighted by Crippen LogP contribution is 2.34. The van der Waals surface area contributed by atoms with Crippen molar-refractivity contribution in [1.82, 2.24) is 9.73 Å². The topological polar surface area (TPSA) is 53.9 Å². The molecule has 2 aromatic carbocycles. The number of hydrogen-bond acceptors (Lipinski definition) is 6. The van der Waals surface area contributed by atoms with Crippen LogP contribution in [0.15, 0.2) is 58.0 Å². The van der Waals surface area contributed by atoms with E-state index in [0.29, 0.717) is 24.5 Å². The lowest BCUT2D eigenvalue weighted by molar-refractivity contribution is 0.000580. The van der Waals surface area contributed by atoms with E-state index in [0.717, 1.165) is 43.2 Å². The monoisotopic (exact) mass is 519 g/mol. The van der Waals surface area contributed by atoms with Gasteiger partial charge in [0, 0.05) is 34.2 Å². The molecule has 2 heterocycles. The fraction of sp³-hybridized carbons (Fsp3) is 0.385. The second-order valence-corrected chi connectivity index (χ2v) is 10.2. The average Bonchev–Trinajstić information content (AvgIpc) is 3.51. The lowest BCUT2D eigenvalue weighted by Crippen LogP contribution is -2.30. The number of halogens is 4. The third-order valence-electron chi connectivity index (χ3n) is 6.62. The highest BCUT2D eigenvalue weighted by molar-refractivity contribution is 7.97. The Balaban J connectivity index is 1.20. The van der Waals surface area contributed by atoms with E-state index < -0.39 is 18.5 Å². The number of carbonyl (C=O) groups is 1. The zero-order chi connectivity index (χ0) is 25.2. The highest BCUT2D eigenvalue weighted by atomic mass is 32.2. The smallest absolute Gasteiger partial charge is 0.294 e. The first-order valence-corrected chi connectivity index (χ1v) is 12.7. The van der Waals surface area contributed by atoms with Crippen molar-refractivity contribution in [3.8, 4) is 0 Å². The van der Waals surface area contributed by atoms with Crippen LogP contribution >= 0.6 is 11.9 Å². The maximum atomic E-state index is 14.8. The number of hydrazone groups is 1. The number of carbonyl (C=O) groups excluding carboxylic acids is 1. The highest BCUT2D eigenvalue weighted by Gasteiger charge is 2.31. The van der Waals surface area contributed by atoms with Crippen LogP contribution in [0.25, 0.3) is 0 Å². The summed E-state index contributed by atoms with van der Waals surface area (Å²) < 4.78 is 61.4. The first-order valence-electron chi connectivity index (χ1n) is 11.9. The molecule has 3 aliphatic rings. The molecule has 2 aliphatic heterocycles. The van der Waals surface area contributed by atoms with Crippen molar-refractivity contribution >= 4 is 23.6 Å². The number of ether oxygens (including phenoxy) is 1. The van der Waals surface area contributed by atoms with E-state index in [1.165, 1.54) is 18.2 Å². The van der Waals surface area contributed by atoms with Gasteiger partial charge in [-0.1, -0.05) is 12.1 Å². The Labute approximate surface area is 210 Å². The van der Waals surface area contributed by atoms with Crippen molar-refractivity contribution in [3.63, 3.8) is 0 Å². The number of allylic oxidation sites excluding steroid dienone is 2. The van der Waals surface area contributed by atoms with Crippen LogP contribution < -0.4 is 5.43 Å². The van der Waals surface area contributed by atoms with Gasteiger partial charge in [0.1, 0.15) is 11.6 Å². The Kier molecular flexibility index (Phi) is 7.34. The lowest BCUT2D eigenvalue weighted by Gasteiger charge is -2.24. The molecule has 2 aromatic rings. The predicted octanol–water partition coefficient (Wildman–Crippen LogP) is 5.84. The molecule has 0 radical (unpaired) electrons. The summed E-state index contributed by atoms with van der Waals surface area (Å²) >= 11 is 1.56. The number of nitrogens with zero attached hydrogens (tertiary/aromatic N) is 2. The van der Waals surface area contributed by atoms with Gasteiger partial charge in [0.05, 0.1) is 0 Å². The largest absolute Gasteiger partial charge is 0.445 e. The van der Waals surface area contributed by atoms with E-state index in [4.69, 9.17) is 4.74 Å². The second kappa shape index (κ2) is 10.6. The van der Waals surface area contributed by atoms with Crippen LogP contribution in [0.4, 0.5) is 17.6 Å². The molecule has 10 heteroatoms. The molecule has 1 N–H and O–H groups in total. The Morgan fingerprint density at radius 1 is 1.22 bits per heavy atom. The first-order chi connectivity index (χ1) is 17.4. The molecule has 1 saturated heterocycles. The number of alkyl halides is 2. The Hall–Kier alpha value is -2.85. The molecular weight excluding hydrogens is 494 g/mol. The minimum absolute atomic E-state index is 0.146. The molecule has 1 fully saturated rings. The molecule has 2 atom stereocenters. The summed E-state index contributed by atoms with van der Waals surface area (Å²) in [5.74, 6) is -1.27. The molecular formula is C26H25F4N3O2S. The lowest BCUT2D eigenvalue weighted by atomic mass is 9.86. The summed E-state index contributed by atoms with van der Waals surface area (Å²) in [5.41, 5.74) is 3.45. The van der Waals surface area contributed by atoms with Gasteiger partial charge in [-0.05, 0) is 86.4 Å². The van der Waals surface area contributed by atoms with Crippen molar-refractivity contribution in [2.24, 2.45) is 5.10 Å². The van der Waals surface area contributed by atoms with Crippen molar-refractivity contribution in [1.29, 1.82) is 0 Å². The van der Waals surface area contributed by atoms with Gasteiger partial charge in [0.25, 0.3) is 6.43 Å². The van der Waals surface area contributed by atoms with Gasteiger partial charge in [-0.3, -0.25) is 10.2 Å². The van der Waals surface area contributed by atoms with Gasteiger partial charge in [0.15, 0.2) is 5.78 Å². The third kappa shape index (κ3) is 5.29. The molecule has 5 rings (SSSR count). The molecule has 0 amide bonds. The normalized spacial score (nSPS) is 21.8. The Morgan fingerprint density at radius 3 is 2.86 bits per heavy atom. The number of ketones is 1. The summed E-state index contributed by atoms with van der Waals surface area (Å²) in [4.78, 5) is 14.0. The van der Waals surface area contributed by atoms with Gasteiger partial charge < -0.3 is 4.74 Å². The second-order valence-electron chi connectivity index (χ2n) is 9.04. The molecule has 0 saturated carbocycles. The van der Waals surface area contributed by atoms with Crippen LogP contribution in [0.2, 0.25) is 0 Å². The summed E-state index contributed by atoms with van der Waals surface area (Å²) in [6.07, 6.45) is 2.02. The van der Waals surface area contributed by atoms with Crippen LogP contribution in [0.5, 0.6) is 0 Å². The number of rotatable bonds is 8. The van der Waals surface area contributed by atoms with E-state index in [1.54, 1.807) is 24.1 Å². The van der Waals surface area contributed by atoms with E-state index in [1.807, 2.05) is 6.07 Å². The van der Waals surface area contributed by atoms with Crippen LogP contribution in [-0.4, -0.2) is 41.2 Å². The maximum absolute atomic E-state index is 14.8. The predicted molar refractivity (Wildman–Crippen MR) is 129 cm³/mol. The summed E-state index contributed by atoms with van der Waals surface area (Å²) in [6, 6.07) is 9.52. The number of fused-ring (bicyclic) bond motifs is 1. The van der Waals surface area contributed by atoms with Crippen molar-refractivity contribution in [2.75, 3.05) is 6.54 Å². The van der Waals surface area contributed by atoms with Gasteiger partial charge in [0.2, 0.25) is 12.1 Å². The van der Waals surface area contributed by atoms with Crippen LogP contribution in [0.1, 0.15) is 53.6 Å². The van der Waals surface area contributed by atoms with E-state index in [9.17, 15) is 22.4 Å². The van der Waals surface area contributed by atoms with E-state index in [-0.39, 0.29) is 34.2 Å². The van der Waals surface area contributed by atoms with Crippen molar-refractivity contribution in [3.05, 3.63) is 76.4 Å². The summed E-state index contributed by atoms with van der Waals surface area (Å²) in [7, 11) is 0. The fourth-order valence-electron chi connectivity index (χ4n) is 4.82. The summed E-state index contributed by atoms with van der Waals surface area (Å²) in [5, 5.41) is 3.72. The number of nitrogens with one attached hydrogen (secondary N) is 1. The van der Waals surface area contributed by atoms with E-state index >= 15 is 0 Å². The maximum Gasteiger partial charge on any atom is 0.294 e. The van der Waals surface area contributed by atoms with Gasteiger partial charge in [-0.2, -0.15) is 0 Å². The molecule has 36 heavy (non-hydrogen) atoms. The molecule has 5 nitrogen and oxygen atoms in total. The van der Waals surface area contributed by atoms with Crippen LogP contribution in [-0.2, 0) is 11.2 Å². The number of Topliss-reactive ketones (excluding diaryl/α,β-unsaturated/α-hetero) is 1. The van der Waals surface area contributed by atoms with Crippen molar-refractivity contribution < 1.29 is 27.1 Å². The summed E-state index contributed by atoms with van der Waals surface area (Å²) in [6.45, 7) is 0.927. The van der Waals surface area contributed by atoms with Gasteiger partial charge in [-0.25, -0.2) is 21.9 Å². The fourth-order valence-corrected chi connectivity index (χ4v) is 5.97. The molecule has 0 bridgehead atoms. The molecule has 0 spiro atoms. The quantitative estimate of drug-likeness (QED) is 0.351. The Bertz CT molecular complexity index is 1220. The molecule has 1 unspecified atom stereocenters. The molecule has 1 aliphatic carbocycles. The average molecular weight is 520 g/mol. The standard InChI is InChI=1S/C26H25F4N3O2S/c27-17-5-2-8-19(14-17)36-33-11-3-7-18(33)6-1-4-15-9-10-20-21(23(15)34)12-16(13-22(20)28)25-31-32-26(35-25)24(29)30/h2,5,8-9,12-14,18,24,26,32H,1,3-4,6-7,10-11H2/t18-,26?/m0/s1. The zero-order valence-electron chi connectivity index (χ0n) is 19.4. The van der Waals surface area contributed by atoms with Crippen molar-refractivity contribution in [2.45, 2.75) is 62.1 Å². The SMILES string of the molecule is O=C1C(CCC[C@H]2CCCN2Sc2cccc(F)c2)=CCc2c(F)cc(C3=NNC(C(F)F)O3)cc21. The molecule has 0 aromatic heterocycles. The molecule has 190 valence electrons. The van der Waals surface area contributed by atoms with Crippen LogP contribution in [0.3, 0.4) is 0 Å². The number of benzene rings is 2.